The number of fused-ring (bicyclic) bond motifs is 1. The van der Waals surface area contributed by atoms with E-state index in [1.807, 2.05) is 31.3 Å². The van der Waals surface area contributed by atoms with E-state index in [1.165, 1.54) is 0 Å². The van der Waals surface area contributed by atoms with E-state index < -0.39 is 0 Å². The summed E-state index contributed by atoms with van der Waals surface area (Å²) in [5.74, 6) is -0.0271. The minimum atomic E-state index is -0.0271. The highest BCUT2D eigenvalue weighted by molar-refractivity contribution is 6.33. The van der Waals surface area contributed by atoms with E-state index >= 15 is 0 Å². The molecule has 0 aliphatic carbocycles. The fourth-order valence-electron chi connectivity index (χ4n) is 2.37. The van der Waals surface area contributed by atoms with Crippen molar-refractivity contribution in [3.8, 4) is 0 Å². The molecule has 4 nitrogen and oxygen atoms in total. The van der Waals surface area contributed by atoms with Crippen LogP contribution in [-0.4, -0.2) is 15.6 Å². The standard InChI is InChI=1S/C16H14ClN3O/c1-20-15-5-3-2-4-11(15)14(19-20)9-16(21)10-6-7-13(18)12(17)8-10/h2-8H,9,18H2,1H3. The van der Waals surface area contributed by atoms with Crippen LogP contribution in [0.3, 0.4) is 0 Å². The molecule has 0 fully saturated rings. The molecular formula is C16H14ClN3O. The summed E-state index contributed by atoms with van der Waals surface area (Å²) >= 11 is 5.96. The first-order valence-electron chi connectivity index (χ1n) is 6.55. The third-order valence-electron chi connectivity index (χ3n) is 3.48. The van der Waals surface area contributed by atoms with Gasteiger partial charge in [0.2, 0.25) is 0 Å². The van der Waals surface area contributed by atoms with E-state index in [1.54, 1.807) is 22.9 Å². The number of carbonyl (C=O) groups is 1. The number of Topliss-reactive ketones (excluding diaryl/α,β-unsaturated/α-hetero) is 1. The Bertz CT molecular complexity index is 839. The molecule has 5 heteroatoms. The summed E-state index contributed by atoms with van der Waals surface area (Å²) in [6.45, 7) is 0. The number of nitrogens with zero attached hydrogens (tertiary/aromatic N) is 2. The summed E-state index contributed by atoms with van der Waals surface area (Å²) in [5, 5.41) is 5.82. The number of para-hydroxylation sites is 1. The second-order valence-corrected chi connectivity index (χ2v) is 5.33. The normalized spacial score (nSPS) is 11.0. The van der Waals surface area contributed by atoms with Crippen molar-refractivity contribution in [2.24, 2.45) is 7.05 Å². The number of hydrogen-bond acceptors (Lipinski definition) is 3. The second kappa shape index (κ2) is 5.22. The van der Waals surface area contributed by atoms with Crippen molar-refractivity contribution in [1.29, 1.82) is 0 Å². The van der Waals surface area contributed by atoms with Crippen LogP contribution in [0, 0.1) is 0 Å². The molecule has 106 valence electrons. The molecule has 0 aliphatic heterocycles. The molecule has 0 unspecified atom stereocenters. The van der Waals surface area contributed by atoms with E-state index in [0.717, 1.165) is 16.6 Å². The average Bonchev–Trinajstić information content (AvgIpc) is 2.79. The van der Waals surface area contributed by atoms with Crippen molar-refractivity contribution in [3.05, 3.63) is 58.7 Å². The first kappa shape index (κ1) is 13.6. The Labute approximate surface area is 127 Å². The van der Waals surface area contributed by atoms with Gasteiger partial charge in [-0.25, -0.2) is 0 Å². The maximum atomic E-state index is 12.4. The van der Waals surface area contributed by atoms with Gasteiger partial charge in [0.1, 0.15) is 0 Å². The zero-order valence-corrected chi connectivity index (χ0v) is 12.3. The van der Waals surface area contributed by atoms with Gasteiger partial charge in [-0.2, -0.15) is 5.10 Å². The van der Waals surface area contributed by atoms with Gasteiger partial charge >= 0.3 is 0 Å². The number of nitrogens with two attached hydrogens (primary N) is 1. The lowest BCUT2D eigenvalue weighted by atomic mass is 10.0. The fraction of sp³-hybridized carbons (Fsp3) is 0.125. The predicted molar refractivity (Wildman–Crippen MR) is 84.6 cm³/mol. The molecular weight excluding hydrogens is 286 g/mol. The highest BCUT2D eigenvalue weighted by Crippen LogP contribution is 2.22. The van der Waals surface area contributed by atoms with E-state index in [-0.39, 0.29) is 12.2 Å². The van der Waals surface area contributed by atoms with Crippen molar-refractivity contribution in [3.63, 3.8) is 0 Å². The SMILES string of the molecule is Cn1nc(CC(=O)c2ccc(N)c(Cl)c2)c2ccccc21. The lowest BCUT2D eigenvalue weighted by Crippen LogP contribution is -2.05. The Morgan fingerprint density at radius 1 is 1.29 bits per heavy atom. The third kappa shape index (κ3) is 2.50. The summed E-state index contributed by atoms with van der Waals surface area (Å²) in [7, 11) is 1.87. The monoisotopic (exact) mass is 299 g/mol. The molecule has 0 amide bonds. The molecule has 2 aromatic carbocycles. The number of rotatable bonds is 3. The van der Waals surface area contributed by atoms with E-state index in [0.29, 0.717) is 16.3 Å². The number of hydrogen-bond donors (Lipinski definition) is 1. The molecule has 0 bridgehead atoms. The van der Waals surface area contributed by atoms with Gasteiger partial charge in [-0.3, -0.25) is 9.48 Å². The van der Waals surface area contributed by atoms with Gasteiger partial charge in [0, 0.05) is 18.0 Å². The van der Waals surface area contributed by atoms with Crippen LogP contribution in [0.2, 0.25) is 5.02 Å². The molecule has 0 spiro atoms. The minimum absolute atomic E-state index is 0.0271. The summed E-state index contributed by atoms with van der Waals surface area (Å²) in [5.41, 5.74) is 8.45. The number of anilines is 1. The molecule has 0 radical (unpaired) electrons. The van der Waals surface area contributed by atoms with E-state index in [9.17, 15) is 4.79 Å². The van der Waals surface area contributed by atoms with Gasteiger partial charge in [-0.05, 0) is 24.3 Å². The molecule has 1 aromatic heterocycles. The van der Waals surface area contributed by atoms with Crippen LogP contribution < -0.4 is 5.73 Å². The van der Waals surface area contributed by atoms with Gasteiger partial charge in [-0.1, -0.05) is 29.8 Å². The lowest BCUT2D eigenvalue weighted by molar-refractivity contribution is 0.0992. The van der Waals surface area contributed by atoms with Crippen molar-refractivity contribution < 1.29 is 4.79 Å². The predicted octanol–water partition coefficient (Wildman–Crippen LogP) is 3.23. The summed E-state index contributed by atoms with van der Waals surface area (Å²) < 4.78 is 1.79. The largest absolute Gasteiger partial charge is 0.398 e. The zero-order valence-electron chi connectivity index (χ0n) is 11.5. The van der Waals surface area contributed by atoms with Gasteiger partial charge < -0.3 is 5.73 Å². The molecule has 21 heavy (non-hydrogen) atoms. The van der Waals surface area contributed by atoms with Crippen LogP contribution in [-0.2, 0) is 13.5 Å². The number of benzene rings is 2. The summed E-state index contributed by atoms with van der Waals surface area (Å²) in [6, 6.07) is 12.8. The molecule has 3 rings (SSSR count). The quantitative estimate of drug-likeness (QED) is 0.596. The Morgan fingerprint density at radius 2 is 2.05 bits per heavy atom. The lowest BCUT2D eigenvalue weighted by Gasteiger charge is -2.02. The molecule has 0 saturated heterocycles. The molecule has 0 saturated carbocycles. The van der Waals surface area contributed by atoms with E-state index in [2.05, 4.69) is 5.10 Å². The topological polar surface area (TPSA) is 60.9 Å². The maximum absolute atomic E-state index is 12.4. The number of aryl methyl sites for hydroxylation is 1. The molecule has 1 heterocycles. The first-order valence-corrected chi connectivity index (χ1v) is 6.93. The molecule has 0 aliphatic rings. The van der Waals surface area contributed by atoms with Gasteiger partial charge in [0.05, 0.1) is 28.3 Å². The van der Waals surface area contributed by atoms with Crippen LogP contribution >= 0.6 is 11.6 Å². The number of halogens is 1. The van der Waals surface area contributed by atoms with Crippen molar-refractivity contribution in [2.75, 3.05) is 5.73 Å². The smallest absolute Gasteiger partial charge is 0.168 e. The van der Waals surface area contributed by atoms with Gasteiger partial charge in [0.15, 0.2) is 5.78 Å². The Morgan fingerprint density at radius 3 is 2.81 bits per heavy atom. The first-order chi connectivity index (χ1) is 10.1. The van der Waals surface area contributed by atoms with Crippen LogP contribution in [0.25, 0.3) is 10.9 Å². The maximum Gasteiger partial charge on any atom is 0.168 e. The molecule has 2 N–H and O–H groups in total. The van der Waals surface area contributed by atoms with Crippen LogP contribution in [0.15, 0.2) is 42.5 Å². The highest BCUT2D eigenvalue weighted by atomic mass is 35.5. The fourth-order valence-corrected chi connectivity index (χ4v) is 2.55. The average molecular weight is 300 g/mol. The van der Waals surface area contributed by atoms with Gasteiger partial charge in [0.25, 0.3) is 0 Å². The van der Waals surface area contributed by atoms with Crippen molar-refractivity contribution >= 4 is 34.0 Å². The minimum Gasteiger partial charge on any atom is -0.398 e. The summed E-state index contributed by atoms with van der Waals surface area (Å²) in [6.07, 6.45) is 0.238. The number of aromatic nitrogens is 2. The van der Waals surface area contributed by atoms with Crippen LogP contribution in [0.1, 0.15) is 16.1 Å². The third-order valence-corrected chi connectivity index (χ3v) is 3.81. The van der Waals surface area contributed by atoms with Crippen LogP contribution in [0.4, 0.5) is 5.69 Å². The Hall–Kier alpha value is -2.33. The van der Waals surface area contributed by atoms with Crippen molar-refractivity contribution in [2.45, 2.75) is 6.42 Å². The Balaban J connectivity index is 1.94. The van der Waals surface area contributed by atoms with Crippen LogP contribution in [0.5, 0.6) is 0 Å². The van der Waals surface area contributed by atoms with E-state index in [4.69, 9.17) is 17.3 Å². The molecule has 0 atom stereocenters. The second-order valence-electron chi connectivity index (χ2n) is 4.92. The van der Waals surface area contributed by atoms with Crippen molar-refractivity contribution in [1.82, 2.24) is 9.78 Å². The van der Waals surface area contributed by atoms with Gasteiger partial charge in [-0.15, -0.1) is 0 Å². The summed E-state index contributed by atoms with van der Waals surface area (Å²) in [4.78, 5) is 12.4. The molecule has 3 aromatic rings. The number of carbonyl (C=O) groups excluding carboxylic acids is 1. The zero-order chi connectivity index (χ0) is 15.0. The number of nitrogen functional groups attached to an aromatic ring is 1. The number of ketones is 1. The highest BCUT2D eigenvalue weighted by Gasteiger charge is 2.14. The Kier molecular flexibility index (Phi) is 3.39.